The van der Waals surface area contributed by atoms with Crippen molar-refractivity contribution in [1.82, 2.24) is 10.3 Å². The molecule has 2 N–H and O–H groups in total. The summed E-state index contributed by atoms with van der Waals surface area (Å²) in [6.07, 6.45) is 4.20. The van der Waals surface area contributed by atoms with Crippen molar-refractivity contribution in [1.29, 1.82) is 0 Å². The molecule has 106 valence electrons. The van der Waals surface area contributed by atoms with Crippen molar-refractivity contribution in [2.75, 3.05) is 13.2 Å². The lowest BCUT2D eigenvalue weighted by Gasteiger charge is -2.10. The van der Waals surface area contributed by atoms with E-state index in [9.17, 15) is 0 Å². The zero-order valence-electron chi connectivity index (χ0n) is 11.7. The van der Waals surface area contributed by atoms with E-state index in [1.165, 1.54) is 5.56 Å². The maximum Gasteiger partial charge on any atom is 0.145 e. The van der Waals surface area contributed by atoms with Gasteiger partial charge < -0.3 is 15.2 Å². The average molecular weight is 272 g/mol. The van der Waals surface area contributed by atoms with Gasteiger partial charge in [0.1, 0.15) is 11.5 Å². The summed E-state index contributed by atoms with van der Waals surface area (Å²) in [6.45, 7) is 3.88. The topological polar surface area (TPSA) is 54.4 Å². The van der Waals surface area contributed by atoms with Crippen molar-refractivity contribution in [2.24, 2.45) is 0 Å². The van der Waals surface area contributed by atoms with Crippen LogP contribution in [-0.4, -0.2) is 23.2 Å². The Hall–Kier alpha value is -1.91. The van der Waals surface area contributed by atoms with E-state index in [-0.39, 0.29) is 6.61 Å². The summed E-state index contributed by atoms with van der Waals surface area (Å²) in [5.74, 6) is 1.58. The smallest absolute Gasteiger partial charge is 0.145 e. The standard InChI is InChI=1S/C16H20N2O2/c1-13-10-14(11-17-8-3-9-19)5-6-16(13)20-15-4-2-7-18-12-15/h2,4-7,10,12,17,19H,3,8-9,11H2,1H3. The molecule has 0 aliphatic heterocycles. The Morgan fingerprint density at radius 2 is 2.20 bits per heavy atom. The van der Waals surface area contributed by atoms with Crippen LogP contribution in [0.2, 0.25) is 0 Å². The van der Waals surface area contributed by atoms with E-state index < -0.39 is 0 Å². The van der Waals surface area contributed by atoms with Gasteiger partial charge in [-0.05, 0) is 49.2 Å². The first-order chi connectivity index (χ1) is 9.79. The van der Waals surface area contributed by atoms with E-state index >= 15 is 0 Å². The van der Waals surface area contributed by atoms with Crippen LogP contribution in [0.3, 0.4) is 0 Å². The summed E-state index contributed by atoms with van der Waals surface area (Å²) in [7, 11) is 0. The highest BCUT2D eigenvalue weighted by atomic mass is 16.5. The summed E-state index contributed by atoms with van der Waals surface area (Å²) in [4.78, 5) is 4.03. The van der Waals surface area contributed by atoms with Crippen LogP contribution in [0.15, 0.2) is 42.7 Å². The van der Waals surface area contributed by atoms with Gasteiger partial charge in [-0.2, -0.15) is 0 Å². The van der Waals surface area contributed by atoms with Gasteiger partial charge >= 0.3 is 0 Å². The Bertz CT molecular complexity index is 529. The Balaban J connectivity index is 1.95. The van der Waals surface area contributed by atoms with E-state index in [0.717, 1.165) is 36.6 Å². The van der Waals surface area contributed by atoms with E-state index in [4.69, 9.17) is 9.84 Å². The van der Waals surface area contributed by atoms with Gasteiger partial charge in [0.15, 0.2) is 0 Å². The molecule has 0 radical (unpaired) electrons. The second-order valence-corrected chi connectivity index (χ2v) is 4.64. The number of nitrogens with zero attached hydrogens (tertiary/aromatic N) is 1. The molecule has 0 bridgehead atoms. The predicted molar refractivity (Wildman–Crippen MR) is 78.9 cm³/mol. The Kier molecular flexibility index (Phi) is 5.53. The maximum absolute atomic E-state index is 8.72. The number of aliphatic hydroxyl groups is 1. The number of nitrogens with one attached hydrogen (secondary N) is 1. The van der Waals surface area contributed by atoms with E-state index in [1.807, 2.05) is 31.2 Å². The summed E-state index contributed by atoms with van der Waals surface area (Å²) < 4.78 is 5.79. The highest BCUT2D eigenvalue weighted by Crippen LogP contribution is 2.24. The Morgan fingerprint density at radius 3 is 2.90 bits per heavy atom. The SMILES string of the molecule is Cc1cc(CNCCCO)ccc1Oc1cccnc1. The molecule has 2 rings (SSSR count). The number of aryl methyl sites for hydroxylation is 1. The molecule has 0 amide bonds. The lowest BCUT2D eigenvalue weighted by Crippen LogP contribution is -2.15. The molecule has 0 fully saturated rings. The van der Waals surface area contributed by atoms with Crippen LogP contribution in [-0.2, 0) is 6.54 Å². The molecule has 1 aromatic heterocycles. The molecule has 20 heavy (non-hydrogen) atoms. The molecule has 2 aromatic rings. The third-order valence-corrected chi connectivity index (χ3v) is 2.94. The number of benzene rings is 1. The maximum atomic E-state index is 8.72. The van der Waals surface area contributed by atoms with Gasteiger partial charge in [0.2, 0.25) is 0 Å². The third kappa shape index (κ3) is 4.33. The van der Waals surface area contributed by atoms with Gasteiger partial charge in [-0.15, -0.1) is 0 Å². The number of ether oxygens (including phenoxy) is 1. The number of hydrogen-bond donors (Lipinski definition) is 2. The largest absolute Gasteiger partial charge is 0.455 e. The number of aliphatic hydroxyl groups excluding tert-OH is 1. The first-order valence-corrected chi connectivity index (χ1v) is 6.78. The molecule has 1 heterocycles. The molecule has 0 saturated carbocycles. The van der Waals surface area contributed by atoms with Crippen molar-refractivity contribution < 1.29 is 9.84 Å². The molecule has 0 atom stereocenters. The Morgan fingerprint density at radius 1 is 1.30 bits per heavy atom. The zero-order valence-corrected chi connectivity index (χ0v) is 11.7. The van der Waals surface area contributed by atoms with Gasteiger partial charge in [-0.25, -0.2) is 0 Å². The van der Waals surface area contributed by atoms with Gasteiger partial charge in [0.05, 0.1) is 6.20 Å². The van der Waals surface area contributed by atoms with Gasteiger partial charge in [-0.3, -0.25) is 4.98 Å². The summed E-state index contributed by atoms with van der Waals surface area (Å²) in [5, 5.41) is 12.0. The lowest BCUT2D eigenvalue weighted by molar-refractivity contribution is 0.286. The number of rotatable bonds is 7. The van der Waals surface area contributed by atoms with E-state index in [0.29, 0.717) is 0 Å². The molecule has 4 heteroatoms. The molecule has 0 spiro atoms. The number of hydrogen-bond acceptors (Lipinski definition) is 4. The molecular formula is C16H20N2O2. The van der Waals surface area contributed by atoms with Crippen molar-refractivity contribution >= 4 is 0 Å². The van der Waals surface area contributed by atoms with E-state index in [1.54, 1.807) is 12.4 Å². The summed E-state index contributed by atoms with van der Waals surface area (Å²) in [5.41, 5.74) is 2.30. The molecule has 0 saturated heterocycles. The fourth-order valence-corrected chi connectivity index (χ4v) is 1.91. The van der Waals surface area contributed by atoms with Crippen molar-refractivity contribution in [3.63, 3.8) is 0 Å². The molecule has 0 aliphatic rings. The monoisotopic (exact) mass is 272 g/mol. The normalized spacial score (nSPS) is 10.5. The second kappa shape index (κ2) is 7.62. The predicted octanol–water partition coefficient (Wildman–Crippen LogP) is 2.65. The minimum absolute atomic E-state index is 0.226. The highest BCUT2D eigenvalue weighted by Gasteiger charge is 2.03. The fraction of sp³-hybridized carbons (Fsp3) is 0.312. The van der Waals surface area contributed by atoms with Crippen LogP contribution < -0.4 is 10.1 Å². The first-order valence-electron chi connectivity index (χ1n) is 6.78. The minimum Gasteiger partial charge on any atom is -0.455 e. The molecule has 0 unspecified atom stereocenters. The molecule has 4 nitrogen and oxygen atoms in total. The van der Waals surface area contributed by atoms with Crippen molar-refractivity contribution in [3.05, 3.63) is 53.9 Å². The molecule has 1 aromatic carbocycles. The minimum atomic E-state index is 0.226. The third-order valence-electron chi connectivity index (χ3n) is 2.94. The summed E-state index contributed by atoms with van der Waals surface area (Å²) in [6, 6.07) is 9.87. The van der Waals surface area contributed by atoms with Crippen LogP contribution >= 0.6 is 0 Å². The fourth-order valence-electron chi connectivity index (χ4n) is 1.91. The van der Waals surface area contributed by atoms with Crippen LogP contribution in [0.1, 0.15) is 17.5 Å². The molecule has 0 aliphatic carbocycles. The average Bonchev–Trinajstić information content (AvgIpc) is 2.47. The van der Waals surface area contributed by atoms with Crippen molar-refractivity contribution in [2.45, 2.75) is 19.9 Å². The van der Waals surface area contributed by atoms with E-state index in [2.05, 4.69) is 16.4 Å². The zero-order chi connectivity index (χ0) is 14.2. The lowest BCUT2D eigenvalue weighted by atomic mass is 10.1. The van der Waals surface area contributed by atoms with Gasteiger partial charge in [0.25, 0.3) is 0 Å². The summed E-state index contributed by atoms with van der Waals surface area (Å²) >= 11 is 0. The highest BCUT2D eigenvalue weighted by molar-refractivity contribution is 5.39. The van der Waals surface area contributed by atoms with Gasteiger partial charge in [0, 0.05) is 19.3 Å². The van der Waals surface area contributed by atoms with Crippen LogP contribution in [0.25, 0.3) is 0 Å². The van der Waals surface area contributed by atoms with Crippen LogP contribution in [0, 0.1) is 6.92 Å². The quantitative estimate of drug-likeness (QED) is 0.761. The van der Waals surface area contributed by atoms with Gasteiger partial charge in [-0.1, -0.05) is 12.1 Å². The van der Waals surface area contributed by atoms with Crippen LogP contribution in [0.4, 0.5) is 0 Å². The molecular weight excluding hydrogens is 252 g/mol. The first kappa shape index (κ1) is 14.5. The van der Waals surface area contributed by atoms with Crippen LogP contribution in [0.5, 0.6) is 11.5 Å². The Labute approximate surface area is 119 Å². The second-order valence-electron chi connectivity index (χ2n) is 4.64. The van der Waals surface area contributed by atoms with Crippen molar-refractivity contribution in [3.8, 4) is 11.5 Å². The number of pyridine rings is 1. The number of aromatic nitrogens is 1.